The normalized spacial score (nSPS) is 12.1. The van der Waals surface area contributed by atoms with Crippen LogP contribution in [0, 0.1) is 0 Å². The molecule has 1 heterocycles. The Labute approximate surface area is 206 Å². The summed E-state index contributed by atoms with van der Waals surface area (Å²) in [4.78, 5) is 13.3. The van der Waals surface area contributed by atoms with Crippen LogP contribution in [0.4, 0.5) is 4.79 Å². The van der Waals surface area contributed by atoms with Gasteiger partial charge in [-0.15, -0.1) is 0 Å². The average molecular weight is 491 g/mol. The summed E-state index contributed by atoms with van der Waals surface area (Å²) in [6, 6.07) is 26.1. The first-order chi connectivity index (χ1) is 16.6. The zero-order valence-electron chi connectivity index (χ0n) is 20.2. The molecule has 0 saturated heterocycles. The molecule has 0 spiro atoms. The SMILES string of the molecule is CC(C)(C)OC(=O)n1c(-c2ccc(CCCNS(=O)(=O)c3ccccc3)cc2)cc2ccccc21. The van der Waals surface area contributed by atoms with E-state index in [2.05, 4.69) is 4.72 Å². The van der Waals surface area contributed by atoms with Gasteiger partial charge in [0, 0.05) is 11.9 Å². The van der Waals surface area contributed by atoms with Crippen LogP contribution in [-0.2, 0) is 21.2 Å². The molecule has 0 amide bonds. The Morgan fingerprint density at radius 1 is 0.914 bits per heavy atom. The third kappa shape index (κ3) is 5.99. The van der Waals surface area contributed by atoms with Crippen molar-refractivity contribution in [3.63, 3.8) is 0 Å². The zero-order valence-corrected chi connectivity index (χ0v) is 21.0. The molecule has 0 aliphatic heterocycles. The van der Waals surface area contributed by atoms with Gasteiger partial charge in [0.05, 0.1) is 16.1 Å². The van der Waals surface area contributed by atoms with Gasteiger partial charge in [-0.3, -0.25) is 0 Å². The molecule has 0 fully saturated rings. The van der Waals surface area contributed by atoms with Crippen molar-refractivity contribution >= 4 is 27.0 Å². The minimum absolute atomic E-state index is 0.268. The van der Waals surface area contributed by atoms with Crippen LogP contribution in [0.1, 0.15) is 32.8 Å². The van der Waals surface area contributed by atoms with Crippen LogP contribution >= 0.6 is 0 Å². The van der Waals surface area contributed by atoms with E-state index >= 15 is 0 Å². The maximum Gasteiger partial charge on any atom is 0.419 e. The highest BCUT2D eigenvalue weighted by Gasteiger charge is 2.22. The van der Waals surface area contributed by atoms with E-state index in [1.807, 2.05) is 75.4 Å². The maximum absolute atomic E-state index is 13.0. The molecular formula is C28H30N2O4S. The van der Waals surface area contributed by atoms with E-state index in [4.69, 9.17) is 4.74 Å². The number of benzene rings is 3. The molecule has 6 nitrogen and oxygen atoms in total. The van der Waals surface area contributed by atoms with Gasteiger partial charge in [-0.1, -0.05) is 60.7 Å². The second kappa shape index (κ2) is 10.1. The molecule has 0 aliphatic rings. The van der Waals surface area contributed by atoms with Gasteiger partial charge in [-0.05, 0) is 69.0 Å². The quantitative estimate of drug-likeness (QED) is 0.322. The lowest BCUT2D eigenvalue weighted by Gasteiger charge is -2.21. The largest absolute Gasteiger partial charge is 0.443 e. The van der Waals surface area contributed by atoms with Crippen molar-refractivity contribution in [1.29, 1.82) is 0 Å². The zero-order chi connectivity index (χ0) is 25.1. The number of aromatic nitrogens is 1. The van der Waals surface area contributed by atoms with Crippen molar-refractivity contribution in [2.45, 2.75) is 44.1 Å². The standard InChI is InChI=1S/C28H30N2O4S/c1-28(2,3)34-27(31)30-25-14-8-7-11-23(25)20-26(30)22-17-15-21(16-18-22)10-9-19-29-35(32,33)24-12-5-4-6-13-24/h4-8,11-18,20,29H,9-10,19H2,1-3H3. The van der Waals surface area contributed by atoms with Crippen LogP contribution in [0.15, 0.2) is 89.8 Å². The fourth-order valence-corrected chi connectivity index (χ4v) is 4.99. The molecule has 0 aliphatic carbocycles. The first-order valence-corrected chi connectivity index (χ1v) is 13.1. The number of carbonyl (C=O) groups is 1. The Kier molecular flexibility index (Phi) is 7.10. The maximum atomic E-state index is 13.0. The second-order valence-electron chi connectivity index (χ2n) is 9.42. The van der Waals surface area contributed by atoms with Crippen molar-refractivity contribution in [3.8, 4) is 11.3 Å². The number of para-hydroxylation sites is 1. The van der Waals surface area contributed by atoms with Gasteiger partial charge in [-0.2, -0.15) is 0 Å². The first-order valence-electron chi connectivity index (χ1n) is 11.6. The van der Waals surface area contributed by atoms with Gasteiger partial charge in [0.1, 0.15) is 5.60 Å². The summed E-state index contributed by atoms with van der Waals surface area (Å²) in [7, 11) is -3.49. The Morgan fingerprint density at radius 3 is 2.26 bits per heavy atom. The highest BCUT2D eigenvalue weighted by molar-refractivity contribution is 7.89. The fraction of sp³-hybridized carbons (Fsp3) is 0.250. The number of rotatable bonds is 7. The minimum atomic E-state index is -3.49. The van der Waals surface area contributed by atoms with Crippen molar-refractivity contribution in [1.82, 2.24) is 9.29 Å². The summed E-state index contributed by atoms with van der Waals surface area (Å²) >= 11 is 0. The number of hydrogen-bond donors (Lipinski definition) is 1. The molecule has 4 aromatic rings. The number of aryl methyl sites for hydroxylation is 1. The van der Waals surface area contributed by atoms with E-state index in [-0.39, 0.29) is 4.90 Å². The van der Waals surface area contributed by atoms with Gasteiger partial charge < -0.3 is 4.74 Å². The summed E-state index contributed by atoms with van der Waals surface area (Å²) in [6.07, 6.45) is 0.986. The molecule has 182 valence electrons. The molecule has 7 heteroatoms. The van der Waals surface area contributed by atoms with Crippen molar-refractivity contribution in [3.05, 3.63) is 90.5 Å². The third-order valence-corrected chi connectivity index (χ3v) is 7.00. The Bertz CT molecular complexity index is 1420. The lowest BCUT2D eigenvalue weighted by molar-refractivity contribution is 0.0547. The van der Waals surface area contributed by atoms with E-state index in [9.17, 15) is 13.2 Å². The Balaban J connectivity index is 1.47. The predicted molar refractivity (Wildman–Crippen MR) is 139 cm³/mol. The summed E-state index contributed by atoms with van der Waals surface area (Å²) in [5.74, 6) is 0. The molecular weight excluding hydrogens is 460 g/mol. The molecule has 0 bridgehead atoms. The smallest absolute Gasteiger partial charge is 0.419 e. The number of ether oxygens (including phenoxy) is 1. The topological polar surface area (TPSA) is 77.4 Å². The highest BCUT2D eigenvalue weighted by atomic mass is 32.2. The van der Waals surface area contributed by atoms with Crippen molar-refractivity contribution in [2.75, 3.05) is 6.54 Å². The number of sulfonamides is 1. The Morgan fingerprint density at radius 2 is 1.57 bits per heavy atom. The number of nitrogens with one attached hydrogen (secondary N) is 1. The van der Waals surface area contributed by atoms with Crippen molar-refractivity contribution in [2.24, 2.45) is 0 Å². The number of fused-ring (bicyclic) bond motifs is 1. The summed E-state index contributed by atoms with van der Waals surface area (Å²) in [6.45, 7) is 5.91. The van der Waals surface area contributed by atoms with E-state index in [0.717, 1.165) is 34.1 Å². The molecule has 0 atom stereocenters. The molecule has 3 aromatic carbocycles. The second-order valence-corrected chi connectivity index (χ2v) is 11.2. The molecule has 35 heavy (non-hydrogen) atoms. The molecule has 1 aromatic heterocycles. The van der Waals surface area contributed by atoms with Crippen LogP contribution < -0.4 is 4.72 Å². The van der Waals surface area contributed by atoms with E-state index in [1.165, 1.54) is 0 Å². The number of carbonyl (C=O) groups excluding carboxylic acids is 1. The molecule has 1 N–H and O–H groups in total. The van der Waals surface area contributed by atoms with Crippen LogP contribution in [-0.4, -0.2) is 31.2 Å². The predicted octanol–water partition coefficient (Wildman–Crippen LogP) is 6.00. The molecule has 4 rings (SSSR count). The van der Waals surface area contributed by atoms with Gasteiger partial charge in [0.15, 0.2) is 0 Å². The van der Waals surface area contributed by atoms with Gasteiger partial charge in [-0.25, -0.2) is 22.5 Å². The molecule has 0 saturated carbocycles. The third-order valence-electron chi connectivity index (χ3n) is 5.52. The van der Waals surface area contributed by atoms with Crippen molar-refractivity contribution < 1.29 is 17.9 Å². The van der Waals surface area contributed by atoms with Gasteiger partial charge in [0.2, 0.25) is 10.0 Å². The highest BCUT2D eigenvalue weighted by Crippen LogP contribution is 2.29. The van der Waals surface area contributed by atoms with Crippen LogP contribution in [0.2, 0.25) is 0 Å². The van der Waals surface area contributed by atoms with Crippen LogP contribution in [0.25, 0.3) is 22.2 Å². The average Bonchev–Trinajstić information content (AvgIpc) is 3.22. The van der Waals surface area contributed by atoms with E-state index in [1.54, 1.807) is 34.9 Å². The summed E-state index contributed by atoms with van der Waals surface area (Å²) < 4.78 is 34.6. The summed E-state index contributed by atoms with van der Waals surface area (Å²) in [5, 5.41) is 0.961. The lowest BCUT2D eigenvalue weighted by Crippen LogP contribution is -2.27. The molecule has 0 unspecified atom stereocenters. The van der Waals surface area contributed by atoms with Gasteiger partial charge >= 0.3 is 6.09 Å². The van der Waals surface area contributed by atoms with Crippen LogP contribution in [0.3, 0.4) is 0 Å². The van der Waals surface area contributed by atoms with E-state index in [0.29, 0.717) is 13.0 Å². The Hall–Kier alpha value is -3.42. The number of nitrogens with zero attached hydrogens (tertiary/aromatic N) is 1. The molecule has 0 radical (unpaired) electrons. The van der Waals surface area contributed by atoms with Crippen LogP contribution in [0.5, 0.6) is 0 Å². The van der Waals surface area contributed by atoms with E-state index < -0.39 is 21.7 Å². The lowest BCUT2D eigenvalue weighted by atomic mass is 10.1. The number of hydrogen-bond acceptors (Lipinski definition) is 4. The first kappa shape index (κ1) is 24.7. The fourth-order valence-electron chi connectivity index (χ4n) is 3.90. The minimum Gasteiger partial charge on any atom is -0.443 e. The monoisotopic (exact) mass is 490 g/mol. The summed E-state index contributed by atoms with van der Waals surface area (Å²) in [5.41, 5.74) is 2.95. The van der Waals surface area contributed by atoms with Gasteiger partial charge in [0.25, 0.3) is 0 Å².